The highest BCUT2D eigenvalue weighted by Crippen LogP contribution is 2.44. The summed E-state index contributed by atoms with van der Waals surface area (Å²) in [7, 11) is 0. The average Bonchev–Trinajstić information content (AvgIpc) is 3.04. The lowest BCUT2D eigenvalue weighted by Gasteiger charge is -2.17. The second kappa shape index (κ2) is 9.41. The lowest BCUT2D eigenvalue weighted by atomic mass is 9.98. The molecule has 2 atom stereocenters. The number of alkyl carbamates (subject to hydrolysis) is 1. The van der Waals surface area contributed by atoms with E-state index < -0.39 is 30.1 Å². The van der Waals surface area contributed by atoms with Crippen LogP contribution in [0.15, 0.2) is 48.5 Å². The van der Waals surface area contributed by atoms with E-state index in [-0.39, 0.29) is 25.5 Å². The molecule has 8 heteroatoms. The summed E-state index contributed by atoms with van der Waals surface area (Å²) in [6, 6.07) is 14.6. The van der Waals surface area contributed by atoms with E-state index in [2.05, 4.69) is 10.6 Å². The highest BCUT2D eigenvalue weighted by Gasteiger charge is 2.29. The number of hydrogen-bond acceptors (Lipinski definition) is 5. The molecule has 0 radical (unpaired) electrons. The molecule has 2 amide bonds. The van der Waals surface area contributed by atoms with Crippen LogP contribution in [0.1, 0.15) is 30.4 Å². The van der Waals surface area contributed by atoms with Crippen LogP contribution in [0.4, 0.5) is 4.79 Å². The number of carboxylic acid groups (broad SMARTS) is 1. The standard InChI is InChI=1S/C22H24N2O6/c1-13(25)20(21(27)28)24-19(26)10-11-23-22(29)30-12-18-16-8-4-2-6-14(16)15-7-3-5-9-17(15)18/h2-9,13,18,20,25H,10-12H2,1H3,(H,23,29)(H,24,26)(H,27,28). The van der Waals surface area contributed by atoms with E-state index in [1.807, 2.05) is 48.5 Å². The molecule has 30 heavy (non-hydrogen) atoms. The van der Waals surface area contributed by atoms with Crippen LogP contribution >= 0.6 is 0 Å². The highest BCUT2D eigenvalue weighted by molar-refractivity contribution is 5.84. The normalized spacial score (nSPS) is 14.2. The largest absolute Gasteiger partial charge is 0.480 e. The monoisotopic (exact) mass is 412 g/mol. The summed E-state index contributed by atoms with van der Waals surface area (Å²) >= 11 is 0. The van der Waals surface area contributed by atoms with Crippen LogP contribution in [0.25, 0.3) is 11.1 Å². The molecular formula is C22H24N2O6. The number of aliphatic carboxylic acids is 1. The molecule has 0 spiro atoms. The van der Waals surface area contributed by atoms with Gasteiger partial charge in [0.2, 0.25) is 5.91 Å². The molecule has 1 aliphatic carbocycles. The number of fused-ring (bicyclic) bond motifs is 3. The molecule has 0 heterocycles. The molecule has 0 bridgehead atoms. The zero-order valence-electron chi connectivity index (χ0n) is 16.5. The number of nitrogens with one attached hydrogen (secondary N) is 2. The van der Waals surface area contributed by atoms with Gasteiger partial charge in [-0.2, -0.15) is 0 Å². The number of carbonyl (C=O) groups excluding carboxylic acids is 2. The average molecular weight is 412 g/mol. The minimum atomic E-state index is -1.40. The van der Waals surface area contributed by atoms with Crippen molar-refractivity contribution >= 4 is 18.0 Å². The zero-order valence-corrected chi connectivity index (χ0v) is 16.5. The molecule has 0 aromatic heterocycles. The Kier molecular flexibility index (Phi) is 6.68. The van der Waals surface area contributed by atoms with E-state index in [9.17, 15) is 19.5 Å². The van der Waals surface area contributed by atoms with Crippen molar-refractivity contribution in [1.29, 1.82) is 0 Å². The summed E-state index contributed by atoms with van der Waals surface area (Å²) in [4.78, 5) is 34.8. The van der Waals surface area contributed by atoms with E-state index in [0.717, 1.165) is 22.3 Å². The smallest absolute Gasteiger partial charge is 0.407 e. The number of carboxylic acids is 1. The molecule has 158 valence electrons. The molecule has 0 aliphatic heterocycles. The number of hydrogen-bond donors (Lipinski definition) is 4. The van der Waals surface area contributed by atoms with Crippen LogP contribution in [0, 0.1) is 0 Å². The van der Waals surface area contributed by atoms with Gasteiger partial charge in [0, 0.05) is 18.9 Å². The summed E-state index contributed by atoms with van der Waals surface area (Å²) in [6.45, 7) is 1.41. The first-order valence-corrected chi connectivity index (χ1v) is 9.67. The van der Waals surface area contributed by atoms with Gasteiger partial charge in [-0.15, -0.1) is 0 Å². The van der Waals surface area contributed by atoms with Crippen molar-refractivity contribution in [3.8, 4) is 11.1 Å². The molecule has 8 nitrogen and oxygen atoms in total. The van der Waals surface area contributed by atoms with Crippen LogP contribution in [-0.4, -0.2) is 53.5 Å². The Morgan fingerprint density at radius 3 is 2.13 bits per heavy atom. The highest BCUT2D eigenvalue weighted by atomic mass is 16.5. The lowest BCUT2D eigenvalue weighted by Crippen LogP contribution is -2.48. The van der Waals surface area contributed by atoms with E-state index in [1.165, 1.54) is 6.92 Å². The van der Waals surface area contributed by atoms with Crippen molar-refractivity contribution in [2.75, 3.05) is 13.2 Å². The molecule has 2 aromatic rings. The number of benzene rings is 2. The fourth-order valence-corrected chi connectivity index (χ4v) is 3.56. The predicted molar refractivity (Wildman–Crippen MR) is 109 cm³/mol. The first-order valence-electron chi connectivity index (χ1n) is 9.67. The van der Waals surface area contributed by atoms with Crippen LogP contribution < -0.4 is 10.6 Å². The second-order valence-electron chi connectivity index (χ2n) is 7.13. The third-order valence-corrected chi connectivity index (χ3v) is 5.03. The summed E-state index contributed by atoms with van der Waals surface area (Å²) in [6.07, 6.45) is -2.03. The molecule has 1 aliphatic rings. The number of aliphatic hydroxyl groups is 1. The Morgan fingerprint density at radius 1 is 1.03 bits per heavy atom. The molecule has 3 rings (SSSR count). The predicted octanol–water partition coefficient (Wildman–Crippen LogP) is 1.87. The van der Waals surface area contributed by atoms with Gasteiger partial charge >= 0.3 is 12.1 Å². The maximum Gasteiger partial charge on any atom is 0.407 e. The Bertz CT molecular complexity index is 897. The summed E-state index contributed by atoms with van der Waals surface area (Å²) in [5, 5.41) is 23.0. The Balaban J connectivity index is 1.49. The molecule has 0 saturated heterocycles. The maximum atomic E-state index is 12.0. The summed E-state index contributed by atoms with van der Waals surface area (Å²) < 4.78 is 5.36. The minimum absolute atomic E-state index is 0.0192. The zero-order chi connectivity index (χ0) is 21.7. The van der Waals surface area contributed by atoms with Gasteiger partial charge in [-0.05, 0) is 29.2 Å². The van der Waals surface area contributed by atoms with Crippen molar-refractivity contribution in [2.24, 2.45) is 0 Å². The third-order valence-electron chi connectivity index (χ3n) is 5.03. The van der Waals surface area contributed by atoms with Gasteiger partial charge in [0.1, 0.15) is 6.61 Å². The number of carbonyl (C=O) groups is 3. The van der Waals surface area contributed by atoms with Crippen molar-refractivity contribution in [3.63, 3.8) is 0 Å². The molecule has 2 aromatic carbocycles. The summed E-state index contributed by atoms with van der Waals surface area (Å²) in [5.74, 6) is -1.99. The molecular weight excluding hydrogens is 388 g/mol. The van der Waals surface area contributed by atoms with Gasteiger partial charge in [0.15, 0.2) is 6.04 Å². The second-order valence-corrected chi connectivity index (χ2v) is 7.13. The van der Waals surface area contributed by atoms with Crippen LogP contribution in [0.3, 0.4) is 0 Å². The van der Waals surface area contributed by atoms with E-state index in [0.29, 0.717) is 0 Å². The Labute approximate surface area is 173 Å². The third kappa shape index (κ3) is 4.77. The van der Waals surface area contributed by atoms with Crippen LogP contribution in [-0.2, 0) is 14.3 Å². The Hall–Kier alpha value is -3.39. The van der Waals surface area contributed by atoms with E-state index in [1.54, 1.807) is 0 Å². The Morgan fingerprint density at radius 2 is 1.60 bits per heavy atom. The van der Waals surface area contributed by atoms with Crippen molar-refractivity contribution in [1.82, 2.24) is 10.6 Å². The van der Waals surface area contributed by atoms with Crippen molar-refractivity contribution in [2.45, 2.75) is 31.4 Å². The molecule has 4 N–H and O–H groups in total. The quantitative estimate of drug-likeness (QED) is 0.525. The topological polar surface area (TPSA) is 125 Å². The van der Waals surface area contributed by atoms with Crippen molar-refractivity contribution in [3.05, 3.63) is 59.7 Å². The minimum Gasteiger partial charge on any atom is -0.480 e. The van der Waals surface area contributed by atoms with Gasteiger partial charge in [0.05, 0.1) is 6.10 Å². The first-order chi connectivity index (χ1) is 14.4. The van der Waals surface area contributed by atoms with Gasteiger partial charge in [-0.1, -0.05) is 48.5 Å². The maximum absolute atomic E-state index is 12.0. The van der Waals surface area contributed by atoms with Gasteiger partial charge in [-0.25, -0.2) is 9.59 Å². The van der Waals surface area contributed by atoms with Gasteiger partial charge < -0.3 is 25.6 Å². The first kappa shape index (κ1) is 21.3. The molecule has 0 fully saturated rings. The SMILES string of the molecule is CC(O)C(NC(=O)CCNC(=O)OCC1c2ccccc2-c2ccccc21)C(=O)O. The van der Waals surface area contributed by atoms with Gasteiger partial charge in [0.25, 0.3) is 0 Å². The summed E-state index contributed by atoms with van der Waals surface area (Å²) in [5.41, 5.74) is 4.46. The fourth-order valence-electron chi connectivity index (χ4n) is 3.56. The van der Waals surface area contributed by atoms with E-state index >= 15 is 0 Å². The number of amides is 2. The van der Waals surface area contributed by atoms with Crippen molar-refractivity contribution < 1.29 is 29.3 Å². The van der Waals surface area contributed by atoms with Crippen LogP contribution in [0.2, 0.25) is 0 Å². The molecule has 0 saturated carbocycles. The molecule has 2 unspecified atom stereocenters. The number of ether oxygens (including phenoxy) is 1. The fraction of sp³-hybridized carbons (Fsp3) is 0.318. The lowest BCUT2D eigenvalue weighted by molar-refractivity contribution is -0.144. The number of aliphatic hydroxyl groups excluding tert-OH is 1. The van der Waals surface area contributed by atoms with Crippen LogP contribution in [0.5, 0.6) is 0 Å². The van der Waals surface area contributed by atoms with Gasteiger partial charge in [-0.3, -0.25) is 4.79 Å². The number of rotatable bonds is 8. The van der Waals surface area contributed by atoms with E-state index in [4.69, 9.17) is 9.84 Å².